The van der Waals surface area contributed by atoms with E-state index in [1.165, 1.54) is 6.07 Å². The number of hydrogen-bond donors (Lipinski definition) is 1. The fourth-order valence-electron chi connectivity index (χ4n) is 1.23. The summed E-state index contributed by atoms with van der Waals surface area (Å²) in [5.41, 5.74) is -1.29. The second-order valence-corrected chi connectivity index (χ2v) is 2.82. The largest absolute Gasteiger partial charge is 0.418 e. The number of nitrogens with zero attached hydrogens (tertiary/aromatic N) is 3. The van der Waals surface area contributed by atoms with Gasteiger partial charge in [0.1, 0.15) is 11.0 Å². The molecule has 0 saturated carbocycles. The number of alkyl halides is 3. The van der Waals surface area contributed by atoms with Crippen molar-refractivity contribution in [1.29, 1.82) is 5.26 Å². The number of fused-ring (bicyclic) bond motifs is 1. The van der Waals surface area contributed by atoms with Crippen LogP contribution in [0.25, 0.3) is 11.0 Å². The van der Waals surface area contributed by atoms with Crippen molar-refractivity contribution in [2.75, 3.05) is 0 Å². The molecule has 2 aromatic rings. The highest BCUT2D eigenvalue weighted by atomic mass is 19.4. The predicted octanol–water partition coefficient (Wildman–Crippen LogP) is 1.85. The molecule has 2 rings (SSSR count). The number of halogens is 3. The monoisotopic (exact) mass is 212 g/mol. The van der Waals surface area contributed by atoms with Gasteiger partial charge in [0, 0.05) is 0 Å². The summed E-state index contributed by atoms with van der Waals surface area (Å²) in [6.45, 7) is 0. The summed E-state index contributed by atoms with van der Waals surface area (Å²) >= 11 is 0. The van der Waals surface area contributed by atoms with E-state index >= 15 is 0 Å². The molecule has 1 aromatic heterocycles. The van der Waals surface area contributed by atoms with E-state index < -0.39 is 11.7 Å². The third kappa shape index (κ3) is 1.50. The van der Waals surface area contributed by atoms with E-state index in [-0.39, 0.29) is 16.6 Å². The highest BCUT2D eigenvalue weighted by molar-refractivity contribution is 5.79. The minimum absolute atomic E-state index is 0.0291. The van der Waals surface area contributed by atoms with Crippen LogP contribution >= 0.6 is 0 Å². The van der Waals surface area contributed by atoms with Gasteiger partial charge in [0.15, 0.2) is 0 Å². The van der Waals surface area contributed by atoms with E-state index in [4.69, 9.17) is 5.26 Å². The first-order valence-corrected chi connectivity index (χ1v) is 3.84. The molecule has 0 amide bonds. The second-order valence-electron chi connectivity index (χ2n) is 2.82. The zero-order valence-corrected chi connectivity index (χ0v) is 7.13. The average Bonchev–Trinajstić information content (AvgIpc) is 2.61. The summed E-state index contributed by atoms with van der Waals surface area (Å²) in [5, 5.41) is 17.6. The molecular formula is C8H3F3N4. The summed E-state index contributed by atoms with van der Waals surface area (Å²) < 4.78 is 37.6. The number of hydrogen-bond acceptors (Lipinski definition) is 3. The van der Waals surface area contributed by atoms with Gasteiger partial charge in [-0.2, -0.15) is 33.8 Å². The van der Waals surface area contributed by atoms with Crippen LogP contribution in [0.2, 0.25) is 0 Å². The van der Waals surface area contributed by atoms with Crippen molar-refractivity contribution < 1.29 is 13.2 Å². The molecule has 0 fully saturated rings. The lowest BCUT2D eigenvalue weighted by molar-refractivity contribution is -0.136. The standard InChI is InChI=1S/C8H3F3N4/c9-8(10,11)5-1-4(3-12)2-6-7(5)14-15-13-6/h1-2H,(H,13,14,15). The normalized spacial score (nSPS) is 11.6. The Bertz CT molecular complexity index is 549. The topological polar surface area (TPSA) is 65.4 Å². The Kier molecular flexibility index (Phi) is 1.86. The maximum absolute atomic E-state index is 12.5. The van der Waals surface area contributed by atoms with Crippen LogP contribution in [0.15, 0.2) is 12.1 Å². The maximum atomic E-state index is 12.5. The first kappa shape index (κ1) is 9.45. The summed E-state index contributed by atoms with van der Waals surface area (Å²) in [6, 6.07) is 3.64. The molecule has 0 aliphatic heterocycles. The number of rotatable bonds is 0. The van der Waals surface area contributed by atoms with Gasteiger partial charge in [-0.05, 0) is 12.1 Å². The van der Waals surface area contributed by atoms with Crippen LogP contribution in [0.3, 0.4) is 0 Å². The minimum atomic E-state index is -4.54. The number of benzene rings is 1. The molecule has 0 aliphatic carbocycles. The minimum Gasteiger partial charge on any atom is -0.197 e. The van der Waals surface area contributed by atoms with Crippen LogP contribution in [0, 0.1) is 11.3 Å². The fraction of sp³-hybridized carbons (Fsp3) is 0.125. The van der Waals surface area contributed by atoms with E-state index in [9.17, 15) is 13.2 Å². The molecule has 0 spiro atoms. The Hall–Kier alpha value is -2.10. The third-order valence-electron chi connectivity index (χ3n) is 1.86. The lowest BCUT2D eigenvalue weighted by Gasteiger charge is -2.06. The van der Waals surface area contributed by atoms with Crippen molar-refractivity contribution in [2.24, 2.45) is 0 Å². The Morgan fingerprint density at radius 3 is 2.60 bits per heavy atom. The van der Waals surface area contributed by atoms with Gasteiger partial charge in [0.25, 0.3) is 0 Å². The average molecular weight is 212 g/mol. The predicted molar refractivity (Wildman–Crippen MR) is 43.6 cm³/mol. The van der Waals surface area contributed by atoms with Crippen LogP contribution < -0.4 is 0 Å². The molecule has 0 aliphatic rings. The van der Waals surface area contributed by atoms with Gasteiger partial charge >= 0.3 is 6.18 Å². The number of aromatic nitrogens is 3. The van der Waals surface area contributed by atoms with Gasteiger partial charge in [0.2, 0.25) is 0 Å². The van der Waals surface area contributed by atoms with Crippen LogP contribution in [0.1, 0.15) is 11.1 Å². The Balaban J connectivity index is 2.82. The van der Waals surface area contributed by atoms with E-state index in [1.807, 2.05) is 0 Å². The highest BCUT2D eigenvalue weighted by Gasteiger charge is 2.34. The van der Waals surface area contributed by atoms with Gasteiger partial charge in [0.05, 0.1) is 17.2 Å². The number of aromatic amines is 1. The molecule has 0 bridgehead atoms. The van der Waals surface area contributed by atoms with Gasteiger partial charge in [-0.25, -0.2) is 0 Å². The van der Waals surface area contributed by atoms with Gasteiger partial charge < -0.3 is 0 Å². The molecule has 0 radical (unpaired) electrons. The van der Waals surface area contributed by atoms with E-state index in [0.717, 1.165) is 6.07 Å². The van der Waals surface area contributed by atoms with Gasteiger partial charge in [-0.15, -0.1) is 0 Å². The molecule has 4 nitrogen and oxygen atoms in total. The van der Waals surface area contributed by atoms with Crippen LogP contribution in [0.5, 0.6) is 0 Å². The quantitative estimate of drug-likeness (QED) is 0.724. The molecule has 1 heterocycles. The highest BCUT2D eigenvalue weighted by Crippen LogP contribution is 2.33. The number of nitrogens with one attached hydrogen (secondary N) is 1. The van der Waals surface area contributed by atoms with Crippen LogP contribution in [-0.4, -0.2) is 15.4 Å². The van der Waals surface area contributed by atoms with Gasteiger partial charge in [-0.3, -0.25) is 0 Å². The smallest absolute Gasteiger partial charge is 0.197 e. The van der Waals surface area contributed by atoms with Gasteiger partial charge in [-0.1, -0.05) is 0 Å². The summed E-state index contributed by atoms with van der Waals surface area (Å²) in [6.07, 6.45) is -4.54. The molecule has 1 N–H and O–H groups in total. The SMILES string of the molecule is N#Cc1cc(C(F)(F)F)c2n[nH]nc2c1. The summed E-state index contributed by atoms with van der Waals surface area (Å²) in [4.78, 5) is 0. The molecule has 0 saturated heterocycles. The van der Waals surface area contributed by atoms with Crippen molar-refractivity contribution >= 4 is 11.0 Å². The summed E-state index contributed by atoms with van der Waals surface area (Å²) in [7, 11) is 0. The zero-order valence-electron chi connectivity index (χ0n) is 7.13. The molecule has 1 aromatic carbocycles. The zero-order chi connectivity index (χ0) is 11.1. The Morgan fingerprint density at radius 2 is 2.00 bits per heavy atom. The molecule has 0 unspecified atom stereocenters. The Morgan fingerprint density at radius 1 is 1.27 bits per heavy atom. The van der Waals surface area contributed by atoms with Crippen molar-refractivity contribution in [3.63, 3.8) is 0 Å². The maximum Gasteiger partial charge on any atom is 0.418 e. The fourth-order valence-corrected chi connectivity index (χ4v) is 1.23. The van der Waals surface area contributed by atoms with Crippen molar-refractivity contribution in [3.05, 3.63) is 23.3 Å². The first-order chi connectivity index (χ1) is 7.02. The van der Waals surface area contributed by atoms with Crippen LogP contribution in [0.4, 0.5) is 13.2 Å². The molecular weight excluding hydrogens is 209 g/mol. The number of H-pyrrole nitrogens is 1. The van der Waals surface area contributed by atoms with E-state index in [0.29, 0.717) is 0 Å². The molecule has 15 heavy (non-hydrogen) atoms. The summed E-state index contributed by atoms with van der Waals surface area (Å²) in [5.74, 6) is 0. The molecule has 0 atom stereocenters. The Labute approximate surface area is 81.3 Å². The third-order valence-corrected chi connectivity index (χ3v) is 1.86. The number of nitriles is 1. The second kappa shape index (κ2) is 2.95. The van der Waals surface area contributed by atoms with Crippen molar-refractivity contribution in [2.45, 2.75) is 6.18 Å². The van der Waals surface area contributed by atoms with E-state index in [2.05, 4.69) is 15.4 Å². The lowest BCUT2D eigenvalue weighted by Crippen LogP contribution is -2.06. The molecule has 76 valence electrons. The molecule has 7 heteroatoms. The van der Waals surface area contributed by atoms with Crippen molar-refractivity contribution in [3.8, 4) is 6.07 Å². The first-order valence-electron chi connectivity index (χ1n) is 3.84. The lowest BCUT2D eigenvalue weighted by atomic mass is 10.1. The van der Waals surface area contributed by atoms with E-state index in [1.54, 1.807) is 6.07 Å². The van der Waals surface area contributed by atoms with Crippen molar-refractivity contribution in [1.82, 2.24) is 15.4 Å². The van der Waals surface area contributed by atoms with Crippen LogP contribution in [-0.2, 0) is 6.18 Å².